The summed E-state index contributed by atoms with van der Waals surface area (Å²) in [6.07, 6.45) is 6.68. The lowest BCUT2D eigenvalue weighted by Crippen LogP contribution is -2.26. The van der Waals surface area contributed by atoms with Crippen molar-refractivity contribution < 1.29 is 8.81 Å². The Labute approximate surface area is 225 Å². The van der Waals surface area contributed by atoms with Gasteiger partial charge in [0.2, 0.25) is 11.8 Å². The highest BCUT2D eigenvalue weighted by atomic mass is 35.5. The van der Waals surface area contributed by atoms with Crippen molar-refractivity contribution in [2.75, 3.05) is 0 Å². The van der Waals surface area contributed by atoms with E-state index in [-0.39, 0.29) is 23.2 Å². The van der Waals surface area contributed by atoms with Crippen LogP contribution >= 0.6 is 11.6 Å². The van der Waals surface area contributed by atoms with Gasteiger partial charge in [-0.2, -0.15) is 4.68 Å². The Bertz CT molecular complexity index is 1790. The number of hydrogen-bond acceptors (Lipinski definition) is 8. The number of tetrazole rings is 1. The lowest BCUT2D eigenvalue weighted by atomic mass is 10.0. The van der Waals surface area contributed by atoms with Gasteiger partial charge in [-0.05, 0) is 70.1 Å². The molecule has 39 heavy (non-hydrogen) atoms. The second-order valence-corrected chi connectivity index (χ2v) is 9.05. The molecule has 0 saturated carbocycles. The lowest BCUT2D eigenvalue weighted by Gasteiger charge is -2.18. The second-order valence-electron chi connectivity index (χ2n) is 8.61. The smallest absolute Gasteiger partial charge is 0.251 e. The third kappa shape index (κ3) is 5.07. The van der Waals surface area contributed by atoms with Gasteiger partial charge in [0.25, 0.3) is 5.56 Å². The normalized spacial score (nSPS) is 11.9. The Morgan fingerprint density at radius 1 is 1.00 bits per heavy atom. The maximum atomic E-state index is 13.6. The summed E-state index contributed by atoms with van der Waals surface area (Å²) < 4.78 is 22.6. The van der Waals surface area contributed by atoms with Gasteiger partial charge in [0, 0.05) is 41.7 Å². The highest BCUT2D eigenvalue weighted by Gasteiger charge is 2.24. The van der Waals surface area contributed by atoms with Gasteiger partial charge in [-0.15, -0.1) is 15.3 Å². The summed E-state index contributed by atoms with van der Waals surface area (Å²) in [6.45, 7) is 0. The van der Waals surface area contributed by atoms with E-state index in [9.17, 15) is 9.18 Å². The average Bonchev–Trinajstić information content (AvgIpc) is 3.67. The molecule has 0 radical (unpaired) electrons. The first-order chi connectivity index (χ1) is 19.0. The number of pyridine rings is 2. The molecule has 10 nitrogen and oxygen atoms in total. The first-order valence-corrected chi connectivity index (χ1v) is 12.2. The molecule has 2 aromatic carbocycles. The Morgan fingerprint density at radius 3 is 2.62 bits per heavy atom. The van der Waals surface area contributed by atoms with Crippen molar-refractivity contribution in [2.24, 2.45) is 0 Å². The predicted octanol–water partition coefficient (Wildman–Crippen LogP) is 4.56. The number of benzene rings is 2. The standard InChI is InChI=1S/C27H18ClFN8O2/c28-20-5-8-23(37-16-31-34-35-37)22(14-20)18-9-11-36(25(38)13-18)24(12-17-3-6-21(29)7-4-17)27-33-32-26(39-27)19-2-1-10-30-15-19/h1-11,13-16,24H,12H2/t24-/m0/s1. The first-order valence-electron chi connectivity index (χ1n) is 11.8. The molecule has 4 aromatic heterocycles. The lowest BCUT2D eigenvalue weighted by molar-refractivity contribution is 0.410. The van der Waals surface area contributed by atoms with E-state index < -0.39 is 6.04 Å². The molecule has 0 unspecified atom stereocenters. The number of nitrogens with zero attached hydrogens (tertiary/aromatic N) is 8. The molecule has 0 aliphatic heterocycles. The Balaban J connectivity index is 1.42. The Hall–Kier alpha value is -5.03. The van der Waals surface area contributed by atoms with Gasteiger partial charge >= 0.3 is 0 Å². The van der Waals surface area contributed by atoms with Crippen LogP contribution in [-0.4, -0.2) is 40.0 Å². The molecular weight excluding hydrogens is 523 g/mol. The van der Waals surface area contributed by atoms with Gasteiger partial charge in [0.05, 0.1) is 11.3 Å². The van der Waals surface area contributed by atoms with Gasteiger partial charge in [-0.25, -0.2) is 4.39 Å². The molecular formula is C27H18ClFN8O2. The van der Waals surface area contributed by atoms with Crippen LogP contribution in [0.5, 0.6) is 0 Å². The molecule has 192 valence electrons. The second kappa shape index (κ2) is 10.4. The van der Waals surface area contributed by atoms with Crippen LogP contribution in [-0.2, 0) is 6.42 Å². The third-order valence-corrected chi connectivity index (χ3v) is 6.36. The van der Waals surface area contributed by atoms with E-state index in [1.54, 1.807) is 67.1 Å². The Kier molecular flexibility index (Phi) is 6.47. The van der Waals surface area contributed by atoms with Crippen molar-refractivity contribution >= 4 is 11.6 Å². The van der Waals surface area contributed by atoms with Crippen LogP contribution in [0.2, 0.25) is 5.02 Å². The van der Waals surface area contributed by atoms with Crippen molar-refractivity contribution in [1.82, 2.24) is 40.0 Å². The van der Waals surface area contributed by atoms with Crippen molar-refractivity contribution in [3.05, 3.63) is 124 Å². The minimum atomic E-state index is -0.659. The largest absolute Gasteiger partial charge is 0.418 e. The van der Waals surface area contributed by atoms with E-state index in [4.69, 9.17) is 16.0 Å². The summed E-state index contributed by atoms with van der Waals surface area (Å²) in [5.41, 5.74) is 3.06. The topological polar surface area (TPSA) is 117 Å². The summed E-state index contributed by atoms with van der Waals surface area (Å²) in [5.74, 6) is 0.149. The van der Waals surface area contributed by atoms with E-state index in [0.717, 1.165) is 5.56 Å². The van der Waals surface area contributed by atoms with Crippen LogP contribution in [0.15, 0.2) is 101 Å². The summed E-state index contributed by atoms with van der Waals surface area (Å²) in [7, 11) is 0. The van der Waals surface area contributed by atoms with Crippen molar-refractivity contribution in [3.8, 4) is 28.3 Å². The van der Waals surface area contributed by atoms with Crippen molar-refractivity contribution in [1.29, 1.82) is 0 Å². The van der Waals surface area contributed by atoms with E-state index in [2.05, 4.69) is 30.7 Å². The first kappa shape index (κ1) is 24.3. The third-order valence-electron chi connectivity index (χ3n) is 6.13. The highest BCUT2D eigenvalue weighted by Crippen LogP contribution is 2.30. The fourth-order valence-corrected chi connectivity index (χ4v) is 4.42. The van der Waals surface area contributed by atoms with E-state index in [1.165, 1.54) is 33.8 Å². The summed E-state index contributed by atoms with van der Waals surface area (Å²) >= 11 is 6.28. The van der Waals surface area contributed by atoms with E-state index in [1.807, 2.05) is 0 Å². The quantitative estimate of drug-likeness (QED) is 0.289. The zero-order chi connectivity index (χ0) is 26.8. The van der Waals surface area contributed by atoms with Gasteiger partial charge in [-0.3, -0.25) is 9.78 Å². The Morgan fingerprint density at radius 2 is 1.87 bits per heavy atom. The summed E-state index contributed by atoms with van der Waals surface area (Å²) in [6, 6.07) is 17.5. The number of rotatable bonds is 7. The molecule has 0 spiro atoms. The minimum Gasteiger partial charge on any atom is -0.418 e. The molecule has 1 atom stereocenters. The maximum Gasteiger partial charge on any atom is 0.251 e. The highest BCUT2D eigenvalue weighted by molar-refractivity contribution is 6.31. The maximum absolute atomic E-state index is 13.6. The van der Waals surface area contributed by atoms with Gasteiger partial charge < -0.3 is 8.98 Å². The molecule has 6 aromatic rings. The molecule has 6 rings (SSSR count). The number of hydrogen-bond donors (Lipinski definition) is 0. The molecule has 0 aliphatic rings. The molecule has 4 heterocycles. The predicted molar refractivity (Wildman–Crippen MR) is 140 cm³/mol. The number of halogens is 2. The van der Waals surface area contributed by atoms with Crippen LogP contribution in [0, 0.1) is 5.82 Å². The van der Waals surface area contributed by atoms with Gasteiger partial charge in [0.15, 0.2) is 0 Å². The van der Waals surface area contributed by atoms with Crippen LogP contribution in [0.4, 0.5) is 4.39 Å². The molecule has 0 saturated heterocycles. The molecule has 0 N–H and O–H groups in total. The van der Waals surface area contributed by atoms with Gasteiger partial charge in [0.1, 0.15) is 18.2 Å². The summed E-state index contributed by atoms with van der Waals surface area (Å²) in [4.78, 5) is 17.6. The molecule has 12 heteroatoms. The minimum absolute atomic E-state index is 0.227. The van der Waals surface area contributed by atoms with Crippen LogP contribution < -0.4 is 5.56 Å². The van der Waals surface area contributed by atoms with Crippen LogP contribution in [0.3, 0.4) is 0 Å². The number of aromatic nitrogens is 8. The zero-order valence-electron chi connectivity index (χ0n) is 20.1. The monoisotopic (exact) mass is 540 g/mol. The molecule has 0 aliphatic carbocycles. The van der Waals surface area contributed by atoms with Crippen LogP contribution in [0.25, 0.3) is 28.3 Å². The van der Waals surface area contributed by atoms with Gasteiger partial charge in [-0.1, -0.05) is 23.7 Å². The SMILES string of the molecule is O=c1cc(-c2cc(Cl)ccc2-n2cnnn2)ccn1[C@@H](Cc1ccc(F)cc1)c1nnc(-c2cccnc2)o1. The van der Waals surface area contributed by atoms with E-state index >= 15 is 0 Å². The summed E-state index contributed by atoms with van der Waals surface area (Å²) in [5, 5.41) is 20.3. The molecule has 0 bridgehead atoms. The van der Waals surface area contributed by atoms with Crippen molar-refractivity contribution in [3.63, 3.8) is 0 Å². The molecule has 0 amide bonds. The fraction of sp³-hybridized carbons (Fsp3) is 0.0741. The van der Waals surface area contributed by atoms with Crippen LogP contribution in [0.1, 0.15) is 17.5 Å². The average molecular weight is 541 g/mol. The van der Waals surface area contributed by atoms with Crippen molar-refractivity contribution in [2.45, 2.75) is 12.5 Å². The van der Waals surface area contributed by atoms with E-state index in [0.29, 0.717) is 33.8 Å². The fourth-order valence-electron chi connectivity index (χ4n) is 4.25. The molecule has 0 fully saturated rings. The zero-order valence-corrected chi connectivity index (χ0v) is 20.9.